The molecule has 73 heavy (non-hydrogen) atoms. The standard InChI is InChI=1S/C67H131NO5/c1-3-5-7-9-11-13-15-17-19-20-26-30-33-37-41-45-49-53-57-61-67(72)73-62-58-54-50-46-42-38-34-31-28-25-23-21-22-24-27-29-32-36-40-44-48-52-56-60-66(71)68-64(63-69)65(70)59-55-51-47-43-39-35-18-16-14-12-10-8-6-4-2/h17,19,64-65,69-70H,3-16,18,20-63H2,1-2H3,(H,68,71)/b19-17-. The van der Waals surface area contributed by atoms with Gasteiger partial charge in [-0.3, -0.25) is 9.59 Å². The van der Waals surface area contributed by atoms with Crippen molar-refractivity contribution in [2.75, 3.05) is 13.2 Å². The van der Waals surface area contributed by atoms with Crippen LogP contribution in [-0.2, 0) is 14.3 Å². The molecular formula is C67H131NO5. The smallest absolute Gasteiger partial charge is 0.305 e. The van der Waals surface area contributed by atoms with Crippen LogP contribution in [0.25, 0.3) is 0 Å². The second-order valence-electron chi connectivity index (χ2n) is 23.2. The quantitative estimate of drug-likeness (QED) is 0.0320. The molecule has 0 saturated heterocycles. The van der Waals surface area contributed by atoms with Gasteiger partial charge in [-0.15, -0.1) is 0 Å². The Bertz CT molecular complexity index is 1100. The van der Waals surface area contributed by atoms with Crippen molar-refractivity contribution >= 4 is 11.9 Å². The van der Waals surface area contributed by atoms with Gasteiger partial charge in [-0.1, -0.05) is 328 Å². The average Bonchev–Trinajstić information content (AvgIpc) is 3.39. The Hall–Kier alpha value is -1.40. The third-order valence-corrected chi connectivity index (χ3v) is 15.8. The van der Waals surface area contributed by atoms with E-state index in [0.29, 0.717) is 25.9 Å². The van der Waals surface area contributed by atoms with Crippen molar-refractivity contribution in [3.05, 3.63) is 12.2 Å². The van der Waals surface area contributed by atoms with Gasteiger partial charge in [0.1, 0.15) is 0 Å². The van der Waals surface area contributed by atoms with Gasteiger partial charge in [0, 0.05) is 12.8 Å². The Morgan fingerprint density at radius 2 is 0.644 bits per heavy atom. The highest BCUT2D eigenvalue weighted by Crippen LogP contribution is 2.19. The Morgan fingerprint density at radius 3 is 0.973 bits per heavy atom. The number of nitrogens with one attached hydrogen (secondary N) is 1. The van der Waals surface area contributed by atoms with Gasteiger partial charge in [0.15, 0.2) is 0 Å². The topological polar surface area (TPSA) is 95.9 Å². The molecule has 0 aliphatic rings. The molecule has 0 spiro atoms. The summed E-state index contributed by atoms with van der Waals surface area (Å²) in [6.45, 7) is 4.98. The van der Waals surface area contributed by atoms with E-state index in [9.17, 15) is 19.8 Å². The lowest BCUT2D eigenvalue weighted by Gasteiger charge is -2.22. The number of esters is 1. The van der Waals surface area contributed by atoms with E-state index in [0.717, 1.165) is 38.5 Å². The minimum Gasteiger partial charge on any atom is -0.466 e. The van der Waals surface area contributed by atoms with Crippen LogP contribution in [0.15, 0.2) is 12.2 Å². The fourth-order valence-corrected chi connectivity index (χ4v) is 10.7. The molecule has 0 aliphatic heterocycles. The molecule has 6 heteroatoms. The maximum absolute atomic E-state index is 12.5. The van der Waals surface area contributed by atoms with Crippen molar-refractivity contribution in [3.63, 3.8) is 0 Å². The molecule has 0 aromatic heterocycles. The Labute approximate surface area is 457 Å². The molecule has 434 valence electrons. The Kier molecular flexibility index (Phi) is 61.9. The first-order chi connectivity index (χ1) is 36.0. The lowest BCUT2D eigenvalue weighted by molar-refractivity contribution is -0.143. The van der Waals surface area contributed by atoms with Crippen molar-refractivity contribution in [3.8, 4) is 0 Å². The Balaban J connectivity index is 3.34. The number of carbonyl (C=O) groups is 2. The van der Waals surface area contributed by atoms with E-state index in [1.807, 2.05) is 0 Å². The summed E-state index contributed by atoms with van der Waals surface area (Å²) in [6.07, 6.45) is 76.7. The molecule has 0 aromatic rings. The minimum absolute atomic E-state index is 0.0150. The molecule has 6 nitrogen and oxygen atoms in total. The zero-order chi connectivity index (χ0) is 52.9. The summed E-state index contributed by atoms with van der Waals surface area (Å²) < 4.78 is 5.51. The van der Waals surface area contributed by atoms with Gasteiger partial charge in [0.2, 0.25) is 5.91 Å². The number of aliphatic hydroxyl groups excluding tert-OH is 2. The van der Waals surface area contributed by atoms with Crippen LogP contribution in [0.1, 0.15) is 380 Å². The minimum atomic E-state index is -0.663. The van der Waals surface area contributed by atoms with Gasteiger partial charge in [-0.25, -0.2) is 0 Å². The maximum Gasteiger partial charge on any atom is 0.305 e. The predicted molar refractivity (Wildman–Crippen MR) is 320 cm³/mol. The monoisotopic (exact) mass is 1030 g/mol. The van der Waals surface area contributed by atoms with E-state index < -0.39 is 12.1 Å². The summed E-state index contributed by atoms with van der Waals surface area (Å²) in [5.41, 5.74) is 0. The van der Waals surface area contributed by atoms with Crippen LogP contribution in [0.4, 0.5) is 0 Å². The molecule has 2 unspecified atom stereocenters. The summed E-state index contributed by atoms with van der Waals surface area (Å²) in [4.78, 5) is 24.6. The zero-order valence-electron chi connectivity index (χ0n) is 49.6. The summed E-state index contributed by atoms with van der Waals surface area (Å²) in [5, 5.41) is 23.3. The fraction of sp³-hybridized carbons (Fsp3) is 0.940. The van der Waals surface area contributed by atoms with Gasteiger partial charge in [-0.05, 0) is 51.4 Å². The molecule has 0 rings (SSSR count). The summed E-state index contributed by atoms with van der Waals surface area (Å²) >= 11 is 0. The second-order valence-corrected chi connectivity index (χ2v) is 23.2. The van der Waals surface area contributed by atoms with E-state index >= 15 is 0 Å². The molecule has 0 aromatic carbocycles. The molecule has 0 bridgehead atoms. The molecule has 0 heterocycles. The number of hydrogen-bond donors (Lipinski definition) is 3. The number of rotatable bonds is 63. The number of ether oxygens (including phenoxy) is 1. The van der Waals surface area contributed by atoms with Crippen LogP contribution in [0.5, 0.6) is 0 Å². The number of hydrogen-bond acceptors (Lipinski definition) is 5. The summed E-state index contributed by atoms with van der Waals surface area (Å²) in [6, 6.07) is -0.540. The van der Waals surface area contributed by atoms with Gasteiger partial charge < -0.3 is 20.3 Å². The average molecular weight is 1030 g/mol. The Morgan fingerprint density at radius 1 is 0.370 bits per heavy atom. The first-order valence-electron chi connectivity index (χ1n) is 33.4. The summed E-state index contributed by atoms with van der Waals surface area (Å²) in [5.74, 6) is -0.0169. The molecule has 3 N–H and O–H groups in total. The van der Waals surface area contributed by atoms with Crippen molar-refractivity contribution < 1.29 is 24.5 Å². The van der Waals surface area contributed by atoms with Crippen LogP contribution >= 0.6 is 0 Å². The molecule has 1 amide bonds. The highest BCUT2D eigenvalue weighted by molar-refractivity contribution is 5.76. The van der Waals surface area contributed by atoms with Crippen LogP contribution in [-0.4, -0.2) is 47.4 Å². The molecule has 0 aliphatic carbocycles. The number of aliphatic hydroxyl groups is 2. The van der Waals surface area contributed by atoms with Crippen molar-refractivity contribution in [2.24, 2.45) is 0 Å². The highest BCUT2D eigenvalue weighted by Gasteiger charge is 2.20. The van der Waals surface area contributed by atoms with Crippen molar-refractivity contribution in [1.29, 1.82) is 0 Å². The second kappa shape index (κ2) is 63.1. The maximum atomic E-state index is 12.5. The van der Waals surface area contributed by atoms with E-state index in [4.69, 9.17) is 4.74 Å². The summed E-state index contributed by atoms with van der Waals surface area (Å²) in [7, 11) is 0. The lowest BCUT2D eigenvalue weighted by atomic mass is 10.0. The lowest BCUT2D eigenvalue weighted by Crippen LogP contribution is -2.45. The molecular weight excluding hydrogens is 899 g/mol. The van der Waals surface area contributed by atoms with E-state index in [2.05, 4.69) is 31.3 Å². The van der Waals surface area contributed by atoms with Gasteiger partial charge in [-0.2, -0.15) is 0 Å². The first-order valence-corrected chi connectivity index (χ1v) is 33.4. The number of allylic oxidation sites excluding steroid dienone is 2. The van der Waals surface area contributed by atoms with Crippen LogP contribution < -0.4 is 5.32 Å². The van der Waals surface area contributed by atoms with E-state index in [-0.39, 0.29) is 18.5 Å². The van der Waals surface area contributed by atoms with Crippen LogP contribution in [0, 0.1) is 0 Å². The number of unbranched alkanes of at least 4 members (excludes halogenated alkanes) is 50. The van der Waals surface area contributed by atoms with Gasteiger partial charge in [0.25, 0.3) is 0 Å². The van der Waals surface area contributed by atoms with Crippen molar-refractivity contribution in [2.45, 2.75) is 392 Å². The third-order valence-electron chi connectivity index (χ3n) is 15.8. The van der Waals surface area contributed by atoms with Crippen molar-refractivity contribution in [1.82, 2.24) is 5.32 Å². The zero-order valence-corrected chi connectivity index (χ0v) is 49.6. The number of amides is 1. The molecule has 0 radical (unpaired) electrons. The molecule has 0 saturated carbocycles. The van der Waals surface area contributed by atoms with Gasteiger partial charge >= 0.3 is 5.97 Å². The van der Waals surface area contributed by atoms with E-state index in [1.54, 1.807) is 0 Å². The fourth-order valence-electron chi connectivity index (χ4n) is 10.7. The SMILES string of the molecule is CCCCCCCC/C=C\CCCCCCCCCCCC(=O)OCCCCCCCCCCCCCCCCCCCCCCCCCC(=O)NC(CO)C(O)CCCCCCCCCCCCCCCC. The largest absolute Gasteiger partial charge is 0.466 e. The predicted octanol–water partition coefficient (Wildman–Crippen LogP) is 21.2. The first kappa shape index (κ1) is 71.6. The number of carbonyl (C=O) groups excluding carboxylic acids is 2. The van der Waals surface area contributed by atoms with Gasteiger partial charge in [0.05, 0.1) is 25.4 Å². The molecule has 0 fully saturated rings. The molecule has 2 atom stereocenters. The highest BCUT2D eigenvalue weighted by atomic mass is 16.5. The van der Waals surface area contributed by atoms with Crippen LogP contribution in [0.3, 0.4) is 0 Å². The van der Waals surface area contributed by atoms with Crippen LogP contribution in [0.2, 0.25) is 0 Å². The van der Waals surface area contributed by atoms with E-state index in [1.165, 1.54) is 308 Å². The normalized spacial score (nSPS) is 12.5. The third kappa shape index (κ3) is 59.7.